The zero-order valence-electron chi connectivity index (χ0n) is 24.0. The van der Waals surface area contributed by atoms with E-state index < -0.39 is 28.5 Å². The largest absolute Gasteiger partial charge is 0.495 e. The van der Waals surface area contributed by atoms with Gasteiger partial charge in [0.15, 0.2) is 0 Å². The summed E-state index contributed by atoms with van der Waals surface area (Å²) in [5.41, 5.74) is 1.64. The number of ether oxygens (including phenoxy) is 1. The number of methoxy groups -OCH3 is 1. The smallest absolute Gasteiger partial charge is 0.264 e. The Kier molecular flexibility index (Phi) is 11.5. The number of benzene rings is 3. The summed E-state index contributed by atoms with van der Waals surface area (Å²) in [4.78, 5) is 28.5. The molecule has 2 amide bonds. The van der Waals surface area contributed by atoms with Gasteiger partial charge < -0.3 is 15.0 Å². The second kappa shape index (κ2) is 14.5. The van der Waals surface area contributed by atoms with Crippen LogP contribution in [0.5, 0.6) is 5.75 Å². The standard InChI is InChI=1S/C30H34Cl3N3O5S/c1-6-20(3)34-30(38)21(4)35(17-22-9-13-25(31)26(32)15-22)29(37)18-36(23-10-14-28(41-5)27(33)16-23)42(39,40)24-11-7-19(2)8-12-24/h7-16,20-21H,6,17-18H2,1-5H3,(H,34,38). The van der Waals surface area contributed by atoms with Gasteiger partial charge in [-0.25, -0.2) is 8.42 Å². The van der Waals surface area contributed by atoms with Crippen molar-refractivity contribution in [1.29, 1.82) is 0 Å². The molecule has 42 heavy (non-hydrogen) atoms. The topological polar surface area (TPSA) is 96.0 Å². The maximum Gasteiger partial charge on any atom is 0.264 e. The van der Waals surface area contributed by atoms with Crippen molar-refractivity contribution in [1.82, 2.24) is 10.2 Å². The Labute approximate surface area is 262 Å². The van der Waals surface area contributed by atoms with Gasteiger partial charge in [-0.1, -0.05) is 65.5 Å². The summed E-state index contributed by atoms with van der Waals surface area (Å²) in [5.74, 6) is -0.648. The number of carbonyl (C=O) groups is 2. The molecule has 0 aliphatic rings. The van der Waals surface area contributed by atoms with E-state index in [1.807, 2.05) is 20.8 Å². The van der Waals surface area contributed by atoms with Gasteiger partial charge in [-0.05, 0) is 75.2 Å². The number of halogens is 3. The quantitative estimate of drug-likeness (QED) is 0.241. The van der Waals surface area contributed by atoms with E-state index in [1.165, 1.54) is 42.3 Å². The van der Waals surface area contributed by atoms with Crippen LogP contribution in [0.2, 0.25) is 15.1 Å². The highest BCUT2D eigenvalue weighted by Gasteiger charge is 2.33. The molecule has 0 saturated heterocycles. The summed E-state index contributed by atoms with van der Waals surface area (Å²) in [6.07, 6.45) is 0.694. The van der Waals surface area contributed by atoms with Crippen LogP contribution in [0.3, 0.4) is 0 Å². The van der Waals surface area contributed by atoms with E-state index >= 15 is 0 Å². The first kappa shape index (κ1) is 33.5. The molecule has 0 heterocycles. The molecule has 0 radical (unpaired) electrons. The van der Waals surface area contributed by atoms with Crippen LogP contribution in [0.1, 0.15) is 38.3 Å². The van der Waals surface area contributed by atoms with Crippen LogP contribution < -0.4 is 14.4 Å². The molecule has 0 spiro atoms. The van der Waals surface area contributed by atoms with Crippen molar-refractivity contribution in [2.75, 3.05) is 18.0 Å². The fourth-order valence-corrected chi connectivity index (χ4v) is 6.04. The summed E-state index contributed by atoms with van der Waals surface area (Å²) < 4.78 is 34.1. The Morgan fingerprint density at radius 1 is 0.929 bits per heavy atom. The second-order valence-corrected chi connectivity index (χ2v) is 13.0. The fourth-order valence-electron chi connectivity index (χ4n) is 4.06. The summed E-state index contributed by atoms with van der Waals surface area (Å²) in [6, 6.07) is 14.6. The molecule has 3 aromatic carbocycles. The molecule has 0 saturated carbocycles. The number of hydrogen-bond donors (Lipinski definition) is 1. The van der Waals surface area contributed by atoms with Gasteiger partial charge in [0, 0.05) is 12.6 Å². The summed E-state index contributed by atoms with van der Waals surface area (Å²) in [5, 5.41) is 3.69. The molecule has 1 N–H and O–H groups in total. The van der Waals surface area contributed by atoms with Gasteiger partial charge in [0.2, 0.25) is 11.8 Å². The fraction of sp³-hybridized carbons (Fsp3) is 0.333. The van der Waals surface area contributed by atoms with Crippen molar-refractivity contribution in [3.8, 4) is 5.75 Å². The van der Waals surface area contributed by atoms with Crippen LogP contribution in [0.25, 0.3) is 0 Å². The number of nitrogens with zero attached hydrogens (tertiary/aromatic N) is 2. The lowest BCUT2D eigenvalue weighted by Crippen LogP contribution is -2.52. The zero-order chi connectivity index (χ0) is 31.2. The van der Waals surface area contributed by atoms with Crippen molar-refractivity contribution in [3.63, 3.8) is 0 Å². The predicted octanol–water partition coefficient (Wildman–Crippen LogP) is 6.49. The molecule has 0 fully saturated rings. The van der Waals surface area contributed by atoms with Gasteiger partial charge in [-0.3, -0.25) is 13.9 Å². The lowest BCUT2D eigenvalue weighted by Gasteiger charge is -2.32. The zero-order valence-corrected chi connectivity index (χ0v) is 27.1. The average Bonchev–Trinajstić information content (AvgIpc) is 2.95. The predicted molar refractivity (Wildman–Crippen MR) is 168 cm³/mol. The summed E-state index contributed by atoms with van der Waals surface area (Å²) in [6.45, 7) is 6.60. The van der Waals surface area contributed by atoms with Crippen molar-refractivity contribution < 1.29 is 22.7 Å². The third-order valence-electron chi connectivity index (χ3n) is 6.82. The van der Waals surface area contributed by atoms with Crippen molar-refractivity contribution in [2.24, 2.45) is 0 Å². The maximum absolute atomic E-state index is 14.0. The SMILES string of the molecule is CCC(C)NC(=O)C(C)N(Cc1ccc(Cl)c(Cl)c1)C(=O)CN(c1ccc(OC)c(Cl)c1)S(=O)(=O)c1ccc(C)cc1. The van der Waals surface area contributed by atoms with Crippen molar-refractivity contribution in [2.45, 2.75) is 57.6 Å². The van der Waals surface area contributed by atoms with E-state index in [0.29, 0.717) is 22.8 Å². The summed E-state index contributed by atoms with van der Waals surface area (Å²) in [7, 11) is -2.80. The Morgan fingerprint density at radius 2 is 1.60 bits per heavy atom. The van der Waals surface area contributed by atoms with Crippen LogP contribution in [0.15, 0.2) is 65.6 Å². The number of anilines is 1. The van der Waals surface area contributed by atoms with Crippen LogP contribution in [0.4, 0.5) is 5.69 Å². The average molecular weight is 655 g/mol. The Bertz CT molecular complexity index is 1530. The van der Waals surface area contributed by atoms with Gasteiger partial charge in [0.1, 0.15) is 18.3 Å². The number of nitrogens with one attached hydrogen (secondary N) is 1. The minimum Gasteiger partial charge on any atom is -0.495 e. The molecule has 3 rings (SSSR count). The molecule has 3 aromatic rings. The molecule has 2 unspecified atom stereocenters. The highest BCUT2D eigenvalue weighted by molar-refractivity contribution is 7.92. The van der Waals surface area contributed by atoms with Gasteiger partial charge in [0.05, 0.1) is 32.8 Å². The maximum atomic E-state index is 14.0. The monoisotopic (exact) mass is 653 g/mol. The third-order valence-corrected chi connectivity index (χ3v) is 9.64. The van der Waals surface area contributed by atoms with E-state index in [1.54, 1.807) is 37.3 Å². The Balaban J connectivity index is 2.08. The van der Waals surface area contributed by atoms with Crippen LogP contribution in [-0.4, -0.2) is 50.9 Å². The molecule has 2 atom stereocenters. The lowest BCUT2D eigenvalue weighted by molar-refractivity contribution is -0.139. The first-order valence-electron chi connectivity index (χ1n) is 13.2. The normalized spacial score (nSPS) is 12.8. The second-order valence-electron chi connectivity index (χ2n) is 9.91. The van der Waals surface area contributed by atoms with Crippen molar-refractivity contribution >= 4 is 62.3 Å². The van der Waals surface area contributed by atoms with Gasteiger partial charge in [-0.15, -0.1) is 0 Å². The van der Waals surface area contributed by atoms with Crippen LogP contribution >= 0.6 is 34.8 Å². The first-order valence-corrected chi connectivity index (χ1v) is 15.8. The number of hydrogen-bond acceptors (Lipinski definition) is 5. The molecule has 226 valence electrons. The lowest BCUT2D eigenvalue weighted by atomic mass is 10.1. The molecule has 0 aliphatic heterocycles. The highest BCUT2D eigenvalue weighted by Crippen LogP contribution is 2.32. The molecular formula is C30H34Cl3N3O5S. The Morgan fingerprint density at radius 3 is 2.17 bits per heavy atom. The van der Waals surface area contributed by atoms with E-state index in [9.17, 15) is 18.0 Å². The molecular weight excluding hydrogens is 621 g/mol. The van der Waals surface area contributed by atoms with E-state index in [-0.39, 0.29) is 39.1 Å². The van der Waals surface area contributed by atoms with Crippen molar-refractivity contribution in [3.05, 3.63) is 86.9 Å². The first-order chi connectivity index (χ1) is 19.8. The number of amides is 2. The number of sulfonamides is 1. The highest BCUT2D eigenvalue weighted by atomic mass is 35.5. The van der Waals surface area contributed by atoms with E-state index in [4.69, 9.17) is 39.5 Å². The Hall–Kier alpha value is -2.98. The number of carbonyl (C=O) groups excluding carboxylic acids is 2. The van der Waals surface area contributed by atoms with E-state index in [0.717, 1.165) is 9.87 Å². The van der Waals surface area contributed by atoms with Crippen LogP contribution in [-0.2, 0) is 26.2 Å². The number of rotatable bonds is 12. The number of aryl methyl sites for hydroxylation is 1. The van der Waals surface area contributed by atoms with Gasteiger partial charge in [-0.2, -0.15) is 0 Å². The molecule has 0 aromatic heterocycles. The molecule has 12 heteroatoms. The minimum absolute atomic E-state index is 0.00793. The van der Waals surface area contributed by atoms with Gasteiger partial charge >= 0.3 is 0 Å². The molecule has 8 nitrogen and oxygen atoms in total. The molecule has 0 bridgehead atoms. The summed E-state index contributed by atoms with van der Waals surface area (Å²) >= 11 is 18.7. The molecule has 0 aliphatic carbocycles. The minimum atomic E-state index is -4.24. The van der Waals surface area contributed by atoms with Crippen LogP contribution in [0, 0.1) is 6.92 Å². The van der Waals surface area contributed by atoms with Gasteiger partial charge in [0.25, 0.3) is 10.0 Å². The van der Waals surface area contributed by atoms with E-state index in [2.05, 4.69) is 5.32 Å². The third kappa shape index (κ3) is 8.10.